The van der Waals surface area contributed by atoms with Crippen molar-refractivity contribution in [3.8, 4) is 6.07 Å². The Morgan fingerprint density at radius 3 is 2.33 bits per heavy atom. The van der Waals surface area contributed by atoms with Crippen molar-refractivity contribution in [3.63, 3.8) is 0 Å². The molecule has 1 heterocycles. The van der Waals surface area contributed by atoms with Crippen LogP contribution in [0.3, 0.4) is 0 Å². The van der Waals surface area contributed by atoms with Gasteiger partial charge in [0.25, 0.3) is 0 Å². The number of anilines is 1. The molecule has 3 nitrogen and oxygen atoms in total. The highest BCUT2D eigenvalue weighted by molar-refractivity contribution is 5.52. The number of nitriles is 1. The van der Waals surface area contributed by atoms with Crippen LogP contribution in [0.4, 0.5) is 5.82 Å². The van der Waals surface area contributed by atoms with Crippen LogP contribution in [0.25, 0.3) is 0 Å². The Bertz CT molecular complexity index is 394. The average molecular weight is 203 g/mol. The van der Waals surface area contributed by atoms with Gasteiger partial charge in [0, 0.05) is 25.9 Å². The van der Waals surface area contributed by atoms with Gasteiger partial charge in [-0.25, -0.2) is 4.98 Å². The SMILES string of the molecule is CN(C)c1ncc(C#N)cc1C(C)(C)C. The third-order valence-electron chi connectivity index (χ3n) is 2.23. The molecule has 0 unspecified atom stereocenters. The Hall–Kier alpha value is -1.56. The zero-order valence-electron chi connectivity index (χ0n) is 10.00. The van der Waals surface area contributed by atoms with Crippen LogP contribution < -0.4 is 4.90 Å². The maximum absolute atomic E-state index is 8.85. The fourth-order valence-corrected chi connectivity index (χ4v) is 1.43. The molecule has 0 aromatic carbocycles. The summed E-state index contributed by atoms with van der Waals surface area (Å²) >= 11 is 0. The van der Waals surface area contributed by atoms with Crippen molar-refractivity contribution in [3.05, 3.63) is 23.4 Å². The van der Waals surface area contributed by atoms with E-state index in [4.69, 9.17) is 5.26 Å². The van der Waals surface area contributed by atoms with E-state index in [2.05, 4.69) is 31.8 Å². The first-order valence-corrected chi connectivity index (χ1v) is 4.94. The smallest absolute Gasteiger partial charge is 0.131 e. The first-order valence-electron chi connectivity index (χ1n) is 4.94. The fraction of sp³-hybridized carbons (Fsp3) is 0.500. The summed E-state index contributed by atoms with van der Waals surface area (Å²) in [5.74, 6) is 0.932. The summed E-state index contributed by atoms with van der Waals surface area (Å²) in [5, 5.41) is 8.85. The van der Waals surface area contributed by atoms with Crippen molar-refractivity contribution in [1.29, 1.82) is 5.26 Å². The molecule has 0 bridgehead atoms. The van der Waals surface area contributed by atoms with E-state index in [1.165, 1.54) is 0 Å². The quantitative estimate of drug-likeness (QED) is 0.703. The highest BCUT2D eigenvalue weighted by Crippen LogP contribution is 2.29. The van der Waals surface area contributed by atoms with Gasteiger partial charge in [0.15, 0.2) is 0 Å². The highest BCUT2D eigenvalue weighted by Gasteiger charge is 2.20. The van der Waals surface area contributed by atoms with E-state index in [0.29, 0.717) is 5.56 Å². The summed E-state index contributed by atoms with van der Waals surface area (Å²) in [7, 11) is 3.92. The number of nitrogens with zero attached hydrogens (tertiary/aromatic N) is 3. The molecule has 1 aromatic heterocycles. The largest absolute Gasteiger partial charge is 0.363 e. The zero-order valence-corrected chi connectivity index (χ0v) is 10.00. The van der Waals surface area contributed by atoms with Gasteiger partial charge in [-0.2, -0.15) is 5.26 Å². The van der Waals surface area contributed by atoms with Gasteiger partial charge >= 0.3 is 0 Å². The molecule has 80 valence electrons. The van der Waals surface area contributed by atoms with Crippen molar-refractivity contribution in [2.24, 2.45) is 0 Å². The van der Waals surface area contributed by atoms with Crippen LogP contribution >= 0.6 is 0 Å². The summed E-state index contributed by atoms with van der Waals surface area (Å²) in [6.07, 6.45) is 1.62. The molecule has 0 fully saturated rings. The topological polar surface area (TPSA) is 39.9 Å². The molecule has 0 aliphatic heterocycles. The molecular weight excluding hydrogens is 186 g/mol. The minimum Gasteiger partial charge on any atom is -0.363 e. The molecule has 0 radical (unpaired) electrons. The normalized spacial score (nSPS) is 10.9. The van der Waals surface area contributed by atoms with Crippen LogP contribution in [-0.2, 0) is 5.41 Å². The summed E-state index contributed by atoms with van der Waals surface area (Å²) in [4.78, 5) is 6.29. The van der Waals surface area contributed by atoms with Gasteiger partial charge < -0.3 is 4.90 Å². The molecular formula is C12H17N3. The lowest BCUT2D eigenvalue weighted by atomic mass is 9.86. The molecule has 3 heteroatoms. The van der Waals surface area contributed by atoms with Gasteiger partial charge in [-0.05, 0) is 11.5 Å². The lowest BCUT2D eigenvalue weighted by Crippen LogP contribution is -2.20. The summed E-state index contributed by atoms with van der Waals surface area (Å²) < 4.78 is 0. The van der Waals surface area contributed by atoms with E-state index in [0.717, 1.165) is 11.4 Å². The maximum Gasteiger partial charge on any atom is 0.131 e. The molecule has 0 spiro atoms. The van der Waals surface area contributed by atoms with E-state index in [-0.39, 0.29) is 5.41 Å². The van der Waals surface area contributed by atoms with Crippen LogP contribution in [0.5, 0.6) is 0 Å². The minimum absolute atomic E-state index is 0.000532. The monoisotopic (exact) mass is 203 g/mol. The molecule has 0 atom stereocenters. The highest BCUT2D eigenvalue weighted by atomic mass is 15.1. The molecule has 0 aliphatic carbocycles. The number of pyridine rings is 1. The molecule has 0 amide bonds. The van der Waals surface area contributed by atoms with E-state index in [9.17, 15) is 0 Å². The predicted octanol–water partition coefficient (Wildman–Crippen LogP) is 2.32. The number of hydrogen-bond acceptors (Lipinski definition) is 3. The van der Waals surface area contributed by atoms with Gasteiger partial charge in [0.1, 0.15) is 11.9 Å². The average Bonchev–Trinajstić information content (AvgIpc) is 2.15. The standard InChI is InChI=1S/C12H17N3/c1-12(2,3)10-6-9(7-13)8-14-11(10)15(4)5/h6,8H,1-5H3. The molecule has 1 aromatic rings. The maximum atomic E-state index is 8.85. The lowest BCUT2D eigenvalue weighted by molar-refractivity contribution is 0.586. The predicted molar refractivity (Wildman–Crippen MR) is 62.0 cm³/mol. The van der Waals surface area contributed by atoms with Gasteiger partial charge in [0.05, 0.1) is 5.56 Å². The van der Waals surface area contributed by atoms with Crippen LogP contribution in [0, 0.1) is 11.3 Å². The third kappa shape index (κ3) is 2.47. The Morgan fingerprint density at radius 2 is 1.93 bits per heavy atom. The first-order chi connectivity index (χ1) is 6.86. The second-order valence-electron chi connectivity index (χ2n) is 4.85. The Labute approximate surface area is 91.4 Å². The molecule has 0 saturated heterocycles. The van der Waals surface area contributed by atoms with Crippen molar-refractivity contribution >= 4 is 5.82 Å². The van der Waals surface area contributed by atoms with E-state index in [1.807, 2.05) is 25.1 Å². The van der Waals surface area contributed by atoms with Crippen molar-refractivity contribution in [2.45, 2.75) is 26.2 Å². The number of hydrogen-bond donors (Lipinski definition) is 0. The van der Waals surface area contributed by atoms with Crippen LogP contribution in [0.15, 0.2) is 12.3 Å². The molecule has 15 heavy (non-hydrogen) atoms. The van der Waals surface area contributed by atoms with Crippen molar-refractivity contribution in [2.75, 3.05) is 19.0 Å². The number of aromatic nitrogens is 1. The van der Waals surface area contributed by atoms with Crippen LogP contribution in [0.1, 0.15) is 31.9 Å². The Balaban J connectivity index is 3.37. The Kier molecular flexibility index (Phi) is 2.99. The first kappa shape index (κ1) is 11.5. The van der Waals surface area contributed by atoms with Crippen LogP contribution in [-0.4, -0.2) is 19.1 Å². The Morgan fingerprint density at radius 1 is 1.33 bits per heavy atom. The van der Waals surface area contributed by atoms with E-state index in [1.54, 1.807) is 6.20 Å². The van der Waals surface area contributed by atoms with Gasteiger partial charge in [0.2, 0.25) is 0 Å². The number of rotatable bonds is 1. The molecule has 1 rings (SSSR count). The molecule has 0 saturated carbocycles. The fourth-order valence-electron chi connectivity index (χ4n) is 1.43. The second-order valence-corrected chi connectivity index (χ2v) is 4.85. The van der Waals surface area contributed by atoms with Gasteiger partial charge in [-0.3, -0.25) is 0 Å². The summed E-state index contributed by atoms with van der Waals surface area (Å²) in [6, 6.07) is 4.04. The van der Waals surface area contributed by atoms with Gasteiger partial charge in [-0.15, -0.1) is 0 Å². The molecule has 0 aliphatic rings. The summed E-state index contributed by atoms with van der Waals surface area (Å²) in [6.45, 7) is 6.37. The van der Waals surface area contributed by atoms with Gasteiger partial charge in [-0.1, -0.05) is 20.8 Å². The molecule has 0 N–H and O–H groups in total. The summed E-state index contributed by atoms with van der Waals surface area (Å²) in [5.41, 5.74) is 1.72. The van der Waals surface area contributed by atoms with Crippen molar-refractivity contribution < 1.29 is 0 Å². The zero-order chi connectivity index (χ0) is 11.6. The third-order valence-corrected chi connectivity index (χ3v) is 2.23. The van der Waals surface area contributed by atoms with E-state index < -0.39 is 0 Å². The second kappa shape index (κ2) is 3.90. The van der Waals surface area contributed by atoms with Crippen molar-refractivity contribution in [1.82, 2.24) is 4.98 Å². The van der Waals surface area contributed by atoms with Crippen LogP contribution in [0.2, 0.25) is 0 Å². The lowest BCUT2D eigenvalue weighted by Gasteiger charge is -2.25. The van der Waals surface area contributed by atoms with E-state index >= 15 is 0 Å². The minimum atomic E-state index is -0.000532.